The average molecular weight is 663 g/mol. The third kappa shape index (κ3) is 8.37. The molecule has 1 N–H and O–H groups in total. The average Bonchev–Trinajstić information content (AvgIpc) is 2.98. The van der Waals surface area contributed by atoms with Crippen LogP contribution in [-0.2, 0) is 32.6 Å². The van der Waals surface area contributed by atoms with Crippen molar-refractivity contribution in [3.63, 3.8) is 0 Å². The van der Waals surface area contributed by atoms with Gasteiger partial charge in [0.1, 0.15) is 25.8 Å². The number of sulfonamides is 1. The Kier molecular flexibility index (Phi) is 10.7. The van der Waals surface area contributed by atoms with Crippen molar-refractivity contribution < 1.29 is 27.5 Å². The number of hydrogen-bond acceptors (Lipinski definition) is 6. The SMILES string of the molecule is CCS(=O)(=O)N(CC(=O)N(Cc1c(Cl)cccc1Cl)C(Cc1ccccc1)C(=O)NC(C)(C)C)c1ccc2c(c1)OCCO2. The smallest absolute Gasteiger partial charge is 0.244 e. The Bertz CT molecular complexity index is 1570. The summed E-state index contributed by atoms with van der Waals surface area (Å²) in [6, 6.07) is 18.0. The maximum atomic E-state index is 14.4. The van der Waals surface area contributed by atoms with E-state index in [1.165, 1.54) is 17.9 Å². The van der Waals surface area contributed by atoms with Gasteiger partial charge in [0.2, 0.25) is 21.8 Å². The predicted octanol–water partition coefficient (Wildman–Crippen LogP) is 5.48. The van der Waals surface area contributed by atoms with Gasteiger partial charge in [-0.1, -0.05) is 59.6 Å². The van der Waals surface area contributed by atoms with Gasteiger partial charge in [-0.05, 0) is 57.5 Å². The van der Waals surface area contributed by atoms with E-state index in [-0.39, 0.29) is 24.4 Å². The number of halogens is 2. The zero-order valence-electron chi connectivity index (χ0n) is 25.2. The van der Waals surface area contributed by atoms with E-state index in [1.54, 1.807) is 30.3 Å². The van der Waals surface area contributed by atoms with Gasteiger partial charge in [0, 0.05) is 40.2 Å². The maximum Gasteiger partial charge on any atom is 0.244 e. The van der Waals surface area contributed by atoms with Crippen molar-refractivity contribution in [3.8, 4) is 11.5 Å². The Morgan fingerprint density at radius 1 is 0.932 bits per heavy atom. The Morgan fingerprint density at radius 2 is 1.57 bits per heavy atom. The summed E-state index contributed by atoms with van der Waals surface area (Å²) in [5, 5.41) is 3.62. The standard InChI is InChI=1S/C32H37Cl2N3O6S/c1-5-44(40,41)37(23-14-15-28-29(19-23)43-17-16-42-28)21-30(38)36(20-24-25(33)12-9-13-26(24)34)27(31(39)35-32(2,3)4)18-22-10-7-6-8-11-22/h6-15,19,27H,5,16-18,20-21H2,1-4H3,(H,35,39). The molecule has 1 aliphatic heterocycles. The summed E-state index contributed by atoms with van der Waals surface area (Å²) in [5.74, 6) is -0.413. The minimum Gasteiger partial charge on any atom is -0.486 e. The van der Waals surface area contributed by atoms with Crippen molar-refractivity contribution in [3.05, 3.63) is 87.9 Å². The second-order valence-electron chi connectivity index (χ2n) is 11.4. The topological polar surface area (TPSA) is 105 Å². The fraction of sp³-hybridized carbons (Fsp3) is 0.375. The molecule has 0 aliphatic carbocycles. The van der Waals surface area contributed by atoms with E-state index in [0.29, 0.717) is 40.3 Å². The lowest BCUT2D eigenvalue weighted by atomic mass is 10.0. The lowest BCUT2D eigenvalue weighted by Crippen LogP contribution is -2.56. The van der Waals surface area contributed by atoms with E-state index in [4.69, 9.17) is 32.7 Å². The number of nitrogens with zero attached hydrogens (tertiary/aromatic N) is 2. The Labute approximate surface area is 269 Å². The fourth-order valence-corrected chi connectivity index (χ4v) is 6.34. The van der Waals surface area contributed by atoms with E-state index in [0.717, 1.165) is 9.87 Å². The number of carbonyl (C=O) groups is 2. The van der Waals surface area contributed by atoms with E-state index in [9.17, 15) is 18.0 Å². The maximum absolute atomic E-state index is 14.4. The van der Waals surface area contributed by atoms with Crippen LogP contribution in [0.15, 0.2) is 66.7 Å². The zero-order chi connectivity index (χ0) is 32.1. The third-order valence-corrected chi connectivity index (χ3v) is 9.40. The number of nitrogens with one attached hydrogen (secondary N) is 1. The van der Waals surface area contributed by atoms with E-state index < -0.39 is 40.0 Å². The minimum atomic E-state index is -3.95. The molecular weight excluding hydrogens is 625 g/mol. The van der Waals surface area contributed by atoms with Gasteiger partial charge in [-0.25, -0.2) is 8.42 Å². The van der Waals surface area contributed by atoms with Gasteiger partial charge in [-0.3, -0.25) is 13.9 Å². The van der Waals surface area contributed by atoms with E-state index >= 15 is 0 Å². The predicted molar refractivity (Wildman–Crippen MR) is 173 cm³/mol. The molecule has 0 aromatic heterocycles. The van der Waals surface area contributed by atoms with E-state index in [2.05, 4.69) is 5.32 Å². The normalized spacial score (nSPS) is 13.6. The summed E-state index contributed by atoms with van der Waals surface area (Å²) in [6.45, 7) is 7.02. The molecule has 1 aliphatic rings. The van der Waals surface area contributed by atoms with Crippen molar-refractivity contribution in [1.29, 1.82) is 0 Å². The van der Waals surface area contributed by atoms with Gasteiger partial charge in [0.15, 0.2) is 11.5 Å². The van der Waals surface area contributed by atoms with Crippen LogP contribution in [0.25, 0.3) is 0 Å². The molecule has 1 unspecified atom stereocenters. The Morgan fingerprint density at radius 3 is 2.18 bits per heavy atom. The molecule has 0 saturated heterocycles. The molecule has 236 valence electrons. The van der Waals surface area contributed by atoms with Gasteiger partial charge in [0.05, 0.1) is 11.4 Å². The lowest BCUT2D eigenvalue weighted by Gasteiger charge is -2.35. The number of hydrogen-bond donors (Lipinski definition) is 1. The molecular formula is C32H37Cl2N3O6S. The summed E-state index contributed by atoms with van der Waals surface area (Å²) in [4.78, 5) is 29.7. The number of benzene rings is 3. The quantitative estimate of drug-likeness (QED) is 0.292. The summed E-state index contributed by atoms with van der Waals surface area (Å²) in [7, 11) is -3.95. The summed E-state index contributed by atoms with van der Waals surface area (Å²) in [6.07, 6.45) is 0.168. The molecule has 3 aromatic carbocycles. The second-order valence-corrected chi connectivity index (χ2v) is 14.4. The number of amides is 2. The first kappa shape index (κ1) is 33.4. The van der Waals surface area contributed by atoms with Crippen LogP contribution in [0.5, 0.6) is 11.5 Å². The molecule has 1 heterocycles. The Balaban J connectivity index is 1.80. The van der Waals surface area contributed by atoms with Crippen molar-refractivity contribution in [2.45, 2.75) is 52.2 Å². The number of carbonyl (C=O) groups excluding carboxylic acids is 2. The highest BCUT2D eigenvalue weighted by molar-refractivity contribution is 7.92. The van der Waals surface area contributed by atoms with Crippen molar-refractivity contribution in [2.75, 3.05) is 29.8 Å². The van der Waals surface area contributed by atoms with Crippen LogP contribution >= 0.6 is 23.2 Å². The molecule has 0 bridgehead atoms. The summed E-state index contributed by atoms with van der Waals surface area (Å²) in [5.41, 5.74) is 0.884. The molecule has 12 heteroatoms. The van der Waals surface area contributed by atoms with Gasteiger partial charge in [0.25, 0.3) is 0 Å². The first-order valence-corrected chi connectivity index (χ1v) is 16.6. The number of anilines is 1. The second kappa shape index (κ2) is 14.1. The molecule has 9 nitrogen and oxygen atoms in total. The van der Waals surface area contributed by atoms with Gasteiger partial charge in [-0.15, -0.1) is 0 Å². The summed E-state index contributed by atoms with van der Waals surface area (Å²) >= 11 is 13.1. The number of rotatable bonds is 11. The molecule has 0 radical (unpaired) electrons. The monoisotopic (exact) mass is 661 g/mol. The number of fused-ring (bicyclic) bond motifs is 1. The number of ether oxygens (including phenoxy) is 2. The molecule has 1 atom stereocenters. The van der Waals surface area contributed by atoms with Crippen LogP contribution in [0, 0.1) is 0 Å². The molecule has 2 amide bonds. The van der Waals surface area contributed by atoms with Crippen LogP contribution in [0.2, 0.25) is 10.0 Å². The largest absolute Gasteiger partial charge is 0.486 e. The third-order valence-electron chi connectivity index (χ3n) is 6.95. The molecule has 0 spiro atoms. The first-order valence-electron chi connectivity index (χ1n) is 14.3. The van der Waals surface area contributed by atoms with Crippen molar-refractivity contribution >= 4 is 50.7 Å². The Hall–Kier alpha value is -3.47. The lowest BCUT2D eigenvalue weighted by molar-refractivity contribution is -0.140. The highest BCUT2D eigenvalue weighted by Crippen LogP contribution is 2.35. The molecule has 4 rings (SSSR count). The van der Waals surface area contributed by atoms with Crippen LogP contribution in [-0.4, -0.2) is 62.2 Å². The highest BCUT2D eigenvalue weighted by Gasteiger charge is 2.35. The van der Waals surface area contributed by atoms with Gasteiger partial charge in [-0.2, -0.15) is 0 Å². The van der Waals surface area contributed by atoms with Crippen LogP contribution in [0.1, 0.15) is 38.8 Å². The first-order chi connectivity index (χ1) is 20.8. The van der Waals surface area contributed by atoms with Crippen LogP contribution in [0.3, 0.4) is 0 Å². The fourth-order valence-electron chi connectivity index (χ4n) is 4.77. The molecule has 0 saturated carbocycles. The zero-order valence-corrected chi connectivity index (χ0v) is 27.5. The summed E-state index contributed by atoms with van der Waals surface area (Å²) < 4.78 is 39.2. The van der Waals surface area contributed by atoms with Crippen molar-refractivity contribution in [2.24, 2.45) is 0 Å². The highest BCUT2D eigenvalue weighted by atomic mass is 35.5. The van der Waals surface area contributed by atoms with Crippen LogP contribution in [0.4, 0.5) is 5.69 Å². The van der Waals surface area contributed by atoms with Crippen molar-refractivity contribution in [1.82, 2.24) is 10.2 Å². The molecule has 3 aromatic rings. The van der Waals surface area contributed by atoms with Gasteiger partial charge < -0.3 is 19.7 Å². The van der Waals surface area contributed by atoms with Crippen LogP contribution < -0.4 is 19.1 Å². The molecule has 44 heavy (non-hydrogen) atoms. The van der Waals surface area contributed by atoms with Gasteiger partial charge >= 0.3 is 0 Å². The van der Waals surface area contributed by atoms with E-state index in [1.807, 2.05) is 51.1 Å². The molecule has 0 fully saturated rings. The minimum absolute atomic E-state index is 0.131.